The molecule has 1 heterocycles. The van der Waals surface area contributed by atoms with E-state index >= 15 is 0 Å². The Morgan fingerprint density at radius 2 is 1.96 bits per heavy atom. The summed E-state index contributed by atoms with van der Waals surface area (Å²) in [5, 5.41) is 18.9. The van der Waals surface area contributed by atoms with Crippen molar-refractivity contribution in [1.82, 2.24) is 20.0 Å². The molecule has 2 aromatic rings. The predicted octanol–water partition coefficient (Wildman–Crippen LogP) is 3.74. The van der Waals surface area contributed by atoms with Crippen LogP contribution in [0.4, 0.5) is 5.69 Å². The third-order valence-electron chi connectivity index (χ3n) is 5.63. The second kappa shape index (κ2) is 9.80. The lowest BCUT2D eigenvalue weighted by atomic mass is 9.94. The zero-order chi connectivity index (χ0) is 19.9. The molecule has 0 unspecified atom stereocenters. The van der Waals surface area contributed by atoms with Gasteiger partial charge in [0.25, 0.3) is 5.69 Å². The summed E-state index contributed by atoms with van der Waals surface area (Å²) in [5.41, 5.74) is 2.99. The summed E-state index contributed by atoms with van der Waals surface area (Å²) < 4.78 is 1.80. The molecule has 1 N–H and O–H groups in total. The fourth-order valence-electron chi connectivity index (χ4n) is 4.03. The van der Waals surface area contributed by atoms with Crippen molar-refractivity contribution in [1.29, 1.82) is 0 Å². The van der Waals surface area contributed by atoms with Crippen LogP contribution in [0.1, 0.15) is 44.1 Å². The minimum Gasteiger partial charge on any atom is -0.312 e. The van der Waals surface area contributed by atoms with Crippen molar-refractivity contribution in [2.24, 2.45) is 7.05 Å². The highest BCUT2D eigenvalue weighted by atomic mass is 16.6. The van der Waals surface area contributed by atoms with Gasteiger partial charge in [0.05, 0.1) is 10.6 Å². The van der Waals surface area contributed by atoms with Gasteiger partial charge in [-0.15, -0.1) is 0 Å². The summed E-state index contributed by atoms with van der Waals surface area (Å²) in [5.74, 6) is 0. The summed E-state index contributed by atoms with van der Waals surface area (Å²) in [6.07, 6.45) is 9.97. The van der Waals surface area contributed by atoms with Crippen molar-refractivity contribution in [2.75, 3.05) is 20.1 Å². The molecule has 7 heteroatoms. The molecule has 1 fully saturated rings. The van der Waals surface area contributed by atoms with E-state index in [4.69, 9.17) is 0 Å². The molecule has 0 saturated heterocycles. The maximum atomic E-state index is 10.8. The highest BCUT2D eigenvalue weighted by molar-refractivity contribution is 5.64. The van der Waals surface area contributed by atoms with Gasteiger partial charge >= 0.3 is 0 Å². The minimum absolute atomic E-state index is 0.0986. The number of aromatic nitrogens is 2. The van der Waals surface area contributed by atoms with Gasteiger partial charge in [-0.3, -0.25) is 14.8 Å². The molecule has 1 aromatic carbocycles. The summed E-state index contributed by atoms with van der Waals surface area (Å²) in [6, 6.07) is 7.36. The zero-order valence-corrected chi connectivity index (χ0v) is 16.9. The van der Waals surface area contributed by atoms with Crippen LogP contribution in [0, 0.1) is 10.1 Å². The molecule has 1 aliphatic carbocycles. The number of nitrogens with one attached hydrogen (secondary N) is 1. The topological polar surface area (TPSA) is 76.2 Å². The van der Waals surface area contributed by atoms with Crippen molar-refractivity contribution in [3.8, 4) is 11.3 Å². The molecule has 1 aliphatic rings. The molecule has 1 aromatic heterocycles. The Morgan fingerprint density at radius 3 is 2.64 bits per heavy atom. The van der Waals surface area contributed by atoms with E-state index in [0.717, 1.165) is 48.9 Å². The summed E-state index contributed by atoms with van der Waals surface area (Å²) >= 11 is 0. The highest BCUT2D eigenvalue weighted by Crippen LogP contribution is 2.24. The van der Waals surface area contributed by atoms with Crippen molar-refractivity contribution in [3.05, 3.63) is 46.1 Å². The summed E-state index contributed by atoms with van der Waals surface area (Å²) in [6.45, 7) is 2.83. The average Bonchev–Trinajstić information content (AvgIpc) is 3.08. The van der Waals surface area contributed by atoms with Crippen LogP contribution < -0.4 is 5.32 Å². The van der Waals surface area contributed by atoms with Gasteiger partial charge in [0.1, 0.15) is 0 Å². The SMILES string of the molecule is CN(CCCNCc1cn(C)nc1-c1ccc([N+](=O)[O-])cc1)C1CCCCC1. The second-order valence-electron chi connectivity index (χ2n) is 7.78. The molecule has 0 spiro atoms. The normalized spacial score (nSPS) is 15.2. The van der Waals surface area contributed by atoms with Crippen LogP contribution in [-0.2, 0) is 13.6 Å². The van der Waals surface area contributed by atoms with Gasteiger partial charge in [-0.25, -0.2) is 0 Å². The van der Waals surface area contributed by atoms with E-state index in [1.54, 1.807) is 16.8 Å². The first-order valence-electron chi connectivity index (χ1n) is 10.2. The fourth-order valence-corrected chi connectivity index (χ4v) is 4.03. The Morgan fingerprint density at radius 1 is 1.25 bits per heavy atom. The lowest BCUT2D eigenvalue weighted by molar-refractivity contribution is -0.384. The third kappa shape index (κ3) is 5.39. The van der Waals surface area contributed by atoms with Crippen LogP contribution in [0.5, 0.6) is 0 Å². The van der Waals surface area contributed by atoms with E-state index in [1.165, 1.54) is 44.2 Å². The Kier molecular flexibility index (Phi) is 7.17. The van der Waals surface area contributed by atoms with Gasteiger partial charge in [-0.2, -0.15) is 5.10 Å². The second-order valence-corrected chi connectivity index (χ2v) is 7.78. The van der Waals surface area contributed by atoms with E-state index < -0.39 is 0 Å². The van der Waals surface area contributed by atoms with Gasteiger partial charge in [0.15, 0.2) is 0 Å². The van der Waals surface area contributed by atoms with Crippen LogP contribution >= 0.6 is 0 Å². The molecular weight excluding hydrogens is 354 g/mol. The van der Waals surface area contributed by atoms with E-state index in [9.17, 15) is 10.1 Å². The highest BCUT2D eigenvalue weighted by Gasteiger charge is 2.17. The largest absolute Gasteiger partial charge is 0.312 e. The third-order valence-corrected chi connectivity index (χ3v) is 5.63. The zero-order valence-electron chi connectivity index (χ0n) is 16.9. The van der Waals surface area contributed by atoms with Gasteiger partial charge in [0.2, 0.25) is 0 Å². The van der Waals surface area contributed by atoms with Crippen LogP contribution in [0.15, 0.2) is 30.5 Å². The number of nitro groups is 1. The molecule has 7 nitrogen and oxygen atoms in total. The molecule has 0 atom stereocenters. The fraction of sp³-hybridized carbons (Fsp3) is 0.571. The Labute approximate surface area is 166 Å². The van der Waals surface area contributed by atoms with Crippen LogP contribution in [0.3, 0.4) is 0 Å². The Bertz CT molecular complexity index is 766. The summed E-state index contributed by atoms with van der Waals surface area (Å²) in [7, 11) is 4.15. The van der Waals surface area contributed by atoms with Crippen LogP contribution in [0.25, 0.3) is 11.3 Å². The van der Waals surface area contributed by atoms with Crippen molar-refractivity contribution in [2.45, 2.75) is 51.1 Å². The number of aryl methyl sites for hydroxylation is 1. The van der Waals surface area contributed by atoms with E-state index in [-0.39, 0.29) is 10.6 Å². The van der Waals surface area contributed by atoms with Crippen molar-refractivity contribution in [3.63, 3.8) is 0 Å². The number of benzene rings is 1. The number of hydrogen-bond acceptors (Lipinski definition) is 5. The molecule has 0 bridgehead atoms. The minimum atomic E-state index is -0.380. The number of hydrogen-bond donors (Lipinski definition) is 1. The maximum absolute atomic E-state index is 10.8. The van der Waals surface area contributed by atoms with E-state index in [0.29, 0.717) is 0 Å². The Hall–Kier alpha value is -2.25. The molecule has 0 aliphatic heterocycles. The van der Waals surface area contributed by atoms with E-state index in [1.807, 2.05) is 13.2 Å². The molecule has 28 heavy (non-hydrogen) atoms. The number of rotatable bonds is 9. The lowest BCUT2D eigenvalue weighted by Crippen LogP contribution is -2.35. The molecule has 3 rings (SSSR count). The van der Waals surface area contributed by atoms with Crippen LogP contribution in [-0.4, -0.2) is 45.8 Å². The average molecular weight is 386 g/mol. The number of nitrogens with zero attached hydrogens (tertiary/aromatic N) is 4. The number of non-ortho nitro benzene ring substituents is 1. The first-order chi connectivity index (χ1) is 13.5. The number of nitro benzene ring substituents is 1. The monoisotopic (exact) mass is 385 g/mol. The first kappa shape index (κ1) is 20.5. The molecular formula is C21H31N5O2. The molecule has 0 radical (unpaired) electrons. The van der Waals surface area contributed by atoms with Crippen molar-refractivity contribution >= 4 is 5.69 Å². The van der Waals surface area contributed by atoms with Crippen LogP contribution in [0.2, 0.25) is 0 Å². The summed E-state index contributed by atoms with van der Waals surface area (Å²) in [4.78, 5) is 13.0. The van der Waals surface area contributed by atoms with Gasteiger partial charge in [-0.05, 0) is 51.5 Å². The predicted molar refractivity (Wildman–Crippen MR) is 111 cm³/mol. The van der Waals surface area contributed by atoms with Crippen molar-refractivity contribution < 1.29 is 4.92 Å². The lowest BCUT2D eigenvalue weighted by Gasteiger charge is -2.31. The quantitative estimate of drug-likeness (QED) is 0.404. The van der Waals surface area contributed by atoms with E-state index in [2.05, 4.69) is 22.4 Å². The van der Waals surface area contributed by atoms with Gasteiger partial charge in [-0.1, -0.05) is 19.3 Å². The standard InChI is InChI=1S/C21H31N5O2/c1-24(19-7-4-3-5-8-19)14-6-13-22-15-18-16-25(2)23-21(18)17-9-11-20(12-10-17)26(27)28/h9-12,16,19,22H,3-8,13-15H2,1-2H3. The first-order valence-corrected chi connectivity index (χ1v) is 10.2. The molecule has 0 amide bonds. The van der Waals surface area contributed by atoms with Gasteiger partial charge in [0, 0.05) is 49.1 Å². The molecule has 152 valence electrons. The Balaban J connectivity index is 1.49. The maximum Gasteiger partial charge on any atom is 0.269 e. The smallest absolute Gasteiger partial charge is 0.269 e. The van der Waals surface area contributed by atoms with Gasteiger partial charge < -0.3 is 10.2 Å². The molecule has 1 saturated carbocycles.